The van der Waals surface area contributed by atoms with Crippen LogP contribution in [0.3, 0.4) is 0 Å². The summed E-state index contributed by atoms with van der Waals surface area (Å²) in [6, 6.07) is 13.3. The van der Waals surface area contributed by atoms with E-state index in [1.807, 2.05) is 49.4 Å². The molecule has 0 unspecified atom stereocenters. The van der Waals surface area contributed by atoms with Gasteiger partial charge in [-0.25, -0.2) is 5.43 Å². The van der Waals surface area contributed by atoms with Gasteiger partial charge < -0.3 is 9.47 Å². The van der Waals surface area contributed by atoms with Gasteiger partial charge in [0.25, 0.3) is 0 Å². The Bertz CT molecular complexity index is 718. The van der Waals surface area contributed by atoms with Crippen LogP contribution in [-0.2, 0) is 11.2 Å². The molecule has 0 aliphatic heterocycles. The molecule has 0 saturated carbocycles. The number of methoxy groups -OCH3 is 1. The molecule has 2 rings (SSSR count). The summed E-state index contributed by atoms with van der Waals surface area (Å²) in [5.74, 6) is 1.19. The lowest BCUT2D eigenvalue weighted by atomic mass is 10.1. The molecular formula is C18H19IN2O3. The van der Waals surface area contributed by atoms with Crippen molar-refractivity contribution in [3.05, 3.63) is 57.2 Å². The van der Waals surface area contributed by atoms with Crippen molar-refractivity contribution in [2.24, 2.45) is 5.10 Å². The second-order valence-corrected chi connectivity index (χ2v) is 6.08. The maximum atomic E-state index is 11.9. The number of hydrogen-bond acceptors (Lipinski definition) is 4. The molecule has 1 amide bonds. The molecule has 0 fully saturated rings. The number of nitrogens with zero attached hydrogens (tertiary/aromatic N) is 1. The van der Waals surface area contributed by atoms with Gasteiger partial charge in [0.2, 0.25) is 5.91 Å². The predicted octanol–water partition coefficient (Wildman–Crippen LogP) is 3.39. The van der Waals surface area contributed by atoms with Gasteiger partial charge in [0.15, 0.2) is 11.5 Å². The highest BCUT2D eigenvalue weighted by Gasteiger charge is 2.10. The molecule has 0 spiro atoms. The lowest BCUT2D eigenvalue weighted by molar-refractivity contribution is -0.120. The highest BCUT2D eigenvalue weighted by atomic mass is 127. The Morgan fingerprint density at radius 3 is 2.71 bits per heavy atom. The molecule has 0 aliphatic carbocycles. The van der Waals surface area contributed by atoms with Gasteiger partial charge >= 0.3 is 0 Å². The van der Waals surface area contributed by atoms with Crippen molar-refractivity contribution in [2.45, 2.75) is 13.3 Å². The molecule has 0 radical (unpaired) electrons. The molecule has 5 nitrogen and oxygen atoms in total. The summed E-state index contributed by atoms with van der Waals surface area (Å²) in [6.07, 6.45) is 1.88. The number of carbonyl (C=O) groups excluding carboxylic acids is 1. The third kappa shape index (κ3) is 5.23. The minimum atomic E-state index is -0.161. The lowest BCUT2D eigenvalue weighted by Gasteiger charge is -2.11. The van der Waals surface area contributed by atoms with Crippen LogP contribution in [0.15, 0.2) is 47.6 Å². The third-order valence-electron chi connectivity index (χ3n) is 3.15. The molecule has 0 aliphatic rings. The van der Waals surface area contributed by atoms with Crippen LogP contribution in [0.2, 0.25) is 0 Å². The second-order valence-electron chi connectivity index (χ2n) is 4.92. The van der Waals surface area contributed by atoms with Crippen molar-refractivity contribution in [3.8, 4) is 11.5 Å². The molecule has 2 aromatic carbocycles. The van der Waals surface area contributed by atoms with E-state index < -0.39 is 0 Å². The number of carbonyl (C=O) groups is 1. The quantitative estimate of drug-likeness (QED) is 0.410. The lowest BCUT2D eigenvalue weighted by Crippen LogP contribution is -2.19. The van der Waals surface area contributed by atoms with Crippen LogP contribution in [0, 0.1) is 3.57 Å². The summed E-state index contributed by atoms with van der Waals surface area (Å²) in [5.41, 5.74) is 4.31. The molecule has 0 aromatic heterocycles. The molecule has 0 heterocycles. The van der Waals surface area contributed by atoms with E-state index in [0.29, 0.717) is 24.5 Å². The number of ether oxygens (including phenoxy) is 2. The Hall–Kier alpha value is -2.09. The van der Waals surface area contributed by atoms with Crippen molar-refractivity contribution in [1.82, 2.24) is 5.43 Å². The largest absolute Gasteiger partial charge is 0.492 e. The topological polar surface area (TPSA) is 59.9 Å². The van der Waals surface area contributed by atoms with E-state index >= 15 is 0 Å². The highest BCUT2D eigenvalue weighted by Crippen LogP contribution is 2.33. The van der Waals surface area contributed by atoms with Crippen LogP contribution in [0.1, 0.15) is 18.1 Å². The van der Waals surface area contributed by atoms with E-state index in [4.69, 9.17) is 9.47 Å². The van der Waals surface area contributed by atoms with Crippen molar-refractivity contribution in [2.75, 3.05) is 13.7 Å². The van der Waals surface area contributed by atoms with Gasteiger partial charge in [0.1, 0.15) is 0 Å². The van der Waals surface area contributed by atoms with E-state index in [-0.39, 0.29) is 5.91 Å². The number of rotatable bonds is 7. The van der Waals surface area contributed by atoms with E-state index in [9.17, 15) is 4.79 Å². The van der Waals surface area contributed by atoms with E-state index in [1.54, 1.807) is 13.3 Å². The van der Waals surface area contributed by atoms with Crippen LogP contribution in [-0.4, -0.2) is 25.8 Å². The first-order valence-corrected chi connectivity index (χ1v) is 8.58. The minimum Gasteiger partial charge on any atom is -0.492 e. The summed E-state index contributed by atoms with van der Waals surface area (Å²) in [5, 5.41) is 4.01. The molecule has 0 bridgehead atoms. The maximum absolute atomic E-state index is 11.9. The van der Waals surface area contributed by atoms with Crippen LogP contribution < -0.4 is 14.9 Å². The smallest absolute Gasteiger partial charge is 0.244 e. The van der Waals surface area contributed by atoms with Gasteiger partial charge in [-0.1, -0.05) is 30.3 Å². The van der Waals surface area contributed by atoms with Gasteiger partial charge in [-0.15, -0.1) is 0 Å². The van der Waals surface area contributed by atoms with E-state index in [1.165, 1.54) is 0 Å². The van der Waals surface area contributed by atoms with E-state index in [0.717, 1.165) is 14.7 Å². The molecular weight excluding hydrogens is 419 g/mol. The summed E-state index contributed by atoms with van der Waals surface area (Å²) in [4.78, 5) is 11.9. The average molecular weight is 438 g/mol. The fourth-order valence-corrected chi connectivity index (χ4v) is 2.97. The molecule has 0 saturated heterocycles. The fraction of sp³-hybridized carbons (Fsp3) is 0.222. The first-order chi connectivity index (χ1) is 11.6. The van der Waals surface area contributed by atoms with Gasteiger partial charge in [-0.3, -0.25) is 4.79 Å². The molecule has 6 heteroatoms. The van der Waals surface area contributed by atoms with Gasteiger partial charge in [0, 0.05) is 0 Å². The molecule has 126 valence electrons. The number of hydrazone groups is 1. The third-order valence-corrected chi connectivity index (χ3v) is 3.95. The Morgan fingerprint density at radius 1 is 1.29 bits per heavy atom. The second kappa shape index (κ2) is 9.27. The zero-order valence-electron chi connectivity index (χ0n) is 13.6. The fourth-order valence-electron chi connectivity index (χ4n) is 2.12. The zero-order valence-corrected chi connectivity index (χ0v) is 15.7. The van der Waals surface area contributed by atoms with Gasteiger partial charge in [-0.2, -0.15) is 5.10 Å². The molecule has 0 atom stereocenters. The highest BCUT2D eigenvalue weighted by molar-refractivity contribution is 14.1. The van der Waals surface area contributed by atoms with Crippen LogP contribution in [0.25, 0.3) is 0 Å². The number of amides is 1. The van der Waals surface area contributed by atoms with E-state index in [2.05, 4.69) is 33.1 Å². The summed E-state index contributed by atoms with van der Waals surface area (Å²) >= 11 is 2.18. The molecule has 1 N–H and O–H groups in total. The van der Waals surface area contributed by atoms with Crippen molar-refractivity contribution < 1.29 is 14.3 Å². The number of benzene rings is 2. The van der Waals surface area contributed by atoms with Crippen molar-refractivity contribution >= 4 is 34.7 Å². The summed E-state index contributed by atoms with van der Waals surface area (Å²) < 4.78 is 11.8. The Labute approximate surface area is 155 Å². The predicted molar refractivity (Wildman–Crippen MR) is 103 cm³/mol. The van der Waals surface area contributed by atoms with Crippen molar-refractivity contribution in [3.63, 3.8) is 0 Å². The SMILES string of the molecule is CCOc1cc(/C=N\NC(=O)Cc2ccccc2)cc(I)c1OC. The van der Waals surface area contributed by atoms with Crippen LogP contribution in [0.5, 0.6) is 11.5 Å². The van der Waals surface area contributed by atoms with Crippen molar-refractivity contribution in [1.29, 1.82) is 0 Å². The van der Waals surface area contributed by atoms with Gasteiger partial charge in [-0.05, 0) is 52.8 Å². The first-order valence-electron chi connectivity index (χ1n) is 7.50. The monoisotopic (exact) mass is 438 g/mol. The normalized spacial score (nSPS) is 10.6. The standard InChI is InChI=1S/C18H19IN2O3/c1-3-24-16-10-14(9-15(19)18(16)23-2)12-20-21-17(22)11-13-7-5-4-6-8-13/h4-10,12H,3,11H2,1-2H3,(H,21,22)/b20-12-. The zero-order chi connectivity index (χ0) is 17.4. The molecule has 24 heavy (non-hydrogen) atoms. The summed E-state index contributed by atoms with van der Waals surface area (Å²) in [7, 11) is 1.61. The van der Waals surface area contributed by atoms with Gasteiger partial charge in [0.05, 0.1) is 29.9 Å². The number of halogens is 1. The number of nitrogens with one attached hydrogen (secondary N) is 1. The number of hydrogen-bond donors (Lipinski definition) is 1. The molecule has 2 aromatic rings. The Kier molecular flexibility index (Phi) is 7.05. The van der Waals surface area contributed by atoms with Crippen LogP contribution in [0.4, 0.5) is 0 Å². The Balaban J connectivity index is 2.02. The Morgan fingerprint density at radius 2 is 2.04 bits per heavy atom. The minimum absolute atomic E-state index is 0.161. The summed E-state index contributed by atoms with van der Waals surface area (Å²) in [6.45, 7) is 2.46. The first kappa shape index (κ1) is 18.3. The van der Waals surface area contributed by atoms with Crippen LogP contribution >= 0.6 is 22.6 Å². The maximum Gasteiger partial charge on any atom is 0.244 e. The average Bonchev–Trinajstić information content (AvgIpc) is 2.56.